The monoisotopic (exact) mass is 548 g/mol. The molecule has 34 heavy (non-hydrogen) atoms. The third kappa shape index (κ3) is 8.64. The molecular formula is C22H18F2MnN2O5S2. The third-order valence-corrected chi connectivity index (χ3v) is 5.54. The molecule has 0 aliphatic heterocycles. The summed E-state index contributed by atoms with van der Waals surface area (Å²) < 4.78 is 49.6. The van der Waals surface area contributed by atoms with Crippen molar-refractivity contribution in [3.8, 4) is 21.1 Å². The molecule has 0 unspecified atom stereocenters. The van der Waals surface area contributed by atoms with Gasteiger partial charge in [-0.05, 0) is 24.3 Å². The number of thiazole rings is 2. The molecule has 0 aliphatic rings. The van der Waals surface area contributed by atoms with E-state index in [1.54, 1.807) is 43.3 Å². The molecule has 0 atom stereocenters. The molecule has 0 radical (unpaired) electrons. The summed E-state index contributed by atoms with van der Waals surface area (Å²) in [6.45, 7) is 2.29. The van der Waals surface area contributed by atoms with Crippen LogP contribution in [0.2, 0.25) is 0 Å². The van der Waals surface area contributed by atoms with Gasteiger partial charge >= 0.3 is 28.5 Å². The van der Waals surface area contributed by atoms with Crippen LogP contribution in [0.25, 0.3) is 21.1 Å². The first-order valence-corrected chi connectivity index (χ1v) is 11.7. The minimum absolute atomic E-state index is 0.105. The van der Waals surface area contributed by atoms with Gasteiger partial charge in [-0.2, -0.15) is 0 Å². The van der Waals surface area contributed by atoms with Gasteiger partial charge in [0.05, 0.1) is 11.1 Å². The van der Waals surface area contributed by atoms with Crippen LogP contribution in [0.1, 0.15) is 34.5 Å². The zero-order chi connectivity index (χ0) is 26.2. The first-order chi connectivity index (χ1) is 16.8. The van der Waals surface area contributed by atoms with Gasteiger partial charge in [-0.3, -0.25) is 4.79 Å². The summed E-state index contributed by atoms with van der Waals surface area (Å²) in [5.41, 5.74) is 0.764. The third-order valence-electron chi connectivity index (χ3n) is 3.56. The summed E-state index contributed by atoms with van der Waals surface area (Å²) in [6.07, 6.45) is 3.39. The number of aromatic carboxylic acids is 1. The average Bonchev–Trinajstić information content (AvgIpc) is 3.52. The molecule has 4 rings (SSSR count). The first-order valence-electron chi connectivity index (χ1n) is 9.82. The van der Waals surface area contributed by atoms with Crippen LogP contribution in [0.3, 0.4) is 0 Å². The van der Waals surface area contributed by atoms with Crippen molar-refractivity contribution in [2.45, 2.75) is 13.8 Å². The molecule has 0 amide bonds. The number of carboxylic acid groups (broad SMARTS) is 1. The molecule has 2 aromatic heterocycles. The van der Waals surface area contributed by atoms with E-state index < -0.39 is 26.6 Å². The van der Waals surface area contributed by atoms with Gasteiger partial charge < -0.3 is 5.11 Å². The van der Waals surface area contributed by atoms with Crippen LogP contribution in [0, 0.1) is 11.6 Å². The van der Waals surface area contributed by atoms with Crippen molar-refractivity contribution in [2.24, 2.45) is 0 Å². The number of carboxylic acids is 1. The summed E-state index contributed by atoms with van der Waals surface area (Å²) in [7, 11) is 0. The molecule has 179 valence electrons. The normalized spacial score (nSPS) is 9.56. The van der Waals surface area contributed by atoms with Crippen molar-refractivity contribution in [3.05, 3.63) is 82.3 Å². The number of nitrogens with zero attached hydrogens (tertiary/aromatic N) is 2. The Morgan fingerprint density at radius 2 is 1.41 bits per heavy atom. The summed E-state index contributed by atoms with van der Waals surface area (Å²) in [4.78, 5) is 29.5. The van der Waals surface area contributed by atoms with Gasteiger partial charge in [0.15, 0.2) is 6.29 Å². The summed E-state index contributed by atoms with van der Waals surface area (Å²) in [5, 5.41) is 9.60. The predicted molar refractivity (Wildman–Crippen MR) is 120 cm³/mol. The molecule has 4 aromatic rings. The summed E-state index contributed by atoms with van der Waals surface area (Å²) in [6, 6.07) is 12.5. The van der Waals surface area contributed by atoms with Crippen molar-refractivity contribution in [2.75, 3.05) is 0 Å². The number of carbonyl (C=O) groups excluding carboxylic acids is 1. The molecule has 7 nitrogen and oxygen atoms in total. The fraction of sp³-hybridized carbons (Fsp3) is 0.0909. The molecule has 2 heterocycles. The van der Waals surface area contributed by atoms with E-state index in [0.717, 1.165) is 11.3 Å². The van der Waals surface area contributed by atoms with Crippen molar-refractivity contribution >= 4 is 34.9 Å². The summed E-state index contributed by atoms with van der Waals surface area (Å²) >= 11 is 0.701. The maximum absolute atomic E-state index is 13.3. The average molecular weight is 548 g/mol. The molecule has 0 bridgehead atoms. The molecule has 0 saturated heterocycles. The van der Waals surface area contributed by atoms with Crippen molar-refractivity contribution in [3.63, 3.8) is 0 Å². The van der Waals surface area contributed by atoms with Crippen LogP contribution in [-0.4, -0.2) is 27.3 Å². The number of halogens is 2. The number of hydrogen-bond donors (Lipinski definition) is 1. The van der Waals surface area contributed by atoms with E-state index in [-0.39, 0.29) is 10.7 Å². The minimum atomic E-state index is -1.44. The van der Waals surface area contributed by atoms with Gasteiger partial charge in [0.25, 0.3) is 0 Å². The summed E-state index contributed by atoms with van der Waals surface area (Å²) in [5.74, 6) is -1.77. The van der Waals surface area contributed by atoms with E-state index in [1.165, 1.54) is 35.9 Å². The van der Waals surface area contributed by atoms with E-state index in [0.29, 0.717) is 39.2 Å². The zero-order valence-electron chi connectivity index (χ0n) is 18.5. The quantitative estimate of drug-likeness (QED) is 0.239. The molecule has 0 fully saturated rings. The Bertz CT molecular complexity index is 1280. The standard InChI is InChI=1S/C10H6FNO2S.C10H6FNOS.C2H6.Mn.2O/c11-7-4-2-1-3-6(7)9-12-5-8(15-9)10(13)14;11-9-4-2-1-3-8(9)10-12-5-7(6-13)14-10;1-2;;;/h1-5H,(H,13,14);1-6H;1-2H3;;;/i;;1D;;;. The molecule has 12 heteroatoms. The van der Waals surface area contributed by atoms with Gasteiger partial charge in [-0.1, -0.05) is 38.1 Å². The second-order valence-corrected chi connectivity index (χ2v) is 7.83. The molecule has 0 saturated carbocycles. The fourth-order valence-corrected chi connectivity index (χ4v) is 3.77. The number of aromatic nitrogens is 2. The second kappa shape index (κ2) is 15.6. The first kappa shape index (κ1) is 27.1. The molecule has 0 aliphatic carbocycles. The van der Waals surface area contributed by atoms with Crippen LogP contribution < -0.4 is 0 Å². The number of aldehydes is 1. The van der Waals surface area contributed by atoms with Crippen molar-refractivity contribution in [1.29, 1.82) is 0 Å². The Hall–Kier alpha value is -3.18. The molecule has 2 aromatic carbocycles. The Kier molecular flexibility index (Phi) is 12.4. The fourth-order valence-electron chi connectivity index (χ4n) is 2.23. The van der Waals surface area contributed by atoms with E-state index in [9.17, 15) is 18.4 Å². The van der Waals surface area contributed by atoms with E-state index >= 15 is 0 Å². The van der Waals surface area contributed by atoms with Crippen molar-refractivity contribution < 1.29 is 47.3 Å². The Morgan fingerprint density at radius 1 is 0.971 bits per heavy atom. The Morgan fingerprint density at radius 3 is 1.79 bits per heavy atom. The van der Waals surface area contributed by atoms with Crippen LogP contribution in [0.4, 0.5) is 8.78 Å². The van der Waals surface area contributed by atoms with E-state index in [1.807, 2.05) is 0 Å². The van der Waals surface area contributed by atoms with Gasteiger partial charge in [-0.15, -0.1) is 22.7 Å². The maximum atomic E-state index is 13.3. The zero-order valence-corrected chi connectivity index (χ0v) is 20.3. The van der Waals surface area contributed by atoms with Gasteiger partial charge in [0.2, 0.25) is 0 Å². The molecule has 0 spiro atoms. The SMILES string of the molecule is O=C(O)c1cnc(-c2ccccc2F)s1.O=Cc1cnc(-c2ccccc2F)s1.[2H]CC.[O]=[Mn]=[O]. The van der Waals surface area contributed by atoms with Crippen LogP contribution in [-0.2, 0) is 22.5 Å². The Balaban J connectivity index is 0.000000287. The van der Waals surface area contributed by atoms with E-state index in [2.05, 4.69) is 9.97 Å². The number of benzene rings is 2. The topological polar surface area (TPSA) is 114 Å². The predicted octanol–water partition coefficient (Wildman–Crippen LogP) is 6.20. The molecular weight excluding hydrogens is 529 g/mol. The van der Waals surface area contributed by atoms with Gasteiger partial charge in [0, 0.05) is 18.7 Å². The van der Waals surface area contributed by atoms with Crippen molar-refractivity contribution in [1.82, 2.24) is 9.97 Å². The number of carbonyl (C=O) groups is 2. The van der Waals surface area contributed by atoms with Gasteiger partial charge in [-0.25, -0.2) is 23.5 Å². The van der Waals surface area contributed by atoms with E-state index in [4.69, 9.17) is 14.1 Å². The number of hydrogen-bond acceptors (Lipinski definition) is 8. The Labute approximate surface area is 209 Å². The number of rotatable bonds is 4. The van der Waals surface area contributed by atoms with Crippen LogP contribution in [0.15, 0.2) is 60.9 Å². The van der Waals surface area contributed by atoms with Gasteiger partial charge in [0.1, 0.15) is 26.5 Å². The second-order valence-electron chi connectivity index (χ2n) is 5.54. The van der Waals surface area contributed by atoms with Crippen LogP contribution >= 0.6 is 22.7 Å². The van der Waals surface area contributed by atoms with Crippen LogP contribution in [0.5, 0.6) is 0 Å². The molecule has 1 N–H and O–H groups in total.